The maximum Gasteiger partial charge on any atom is 0.165 e. The molecule has 1 aliphatic heterocycles. The molecule has 0 amide bonds. The fourth-order valence-corrected chi connectivity index (χ4v) is 4.51. The first kappa shape index (κ1) is 19.8. The number of anilines is 1. The van der Waals surface area contributed by atoms with E-state index in [2.05, 4.69) is 49.2 Å². The molecule has 1 atom stereocenters. The van der Waals surface area contributed by atoms with Crippen LogP contribution in [0.3, 0.4) is 0 Å². The number of morpholine rings is 1. The summed E-state index contributed by atoms with van der Waals surface area (Å²) in [7, 11) is 2.04. The first-order valence-electron chi connectivity index (χ1n) is 10.9. The average Bonchev–Trinajstić information content (AvgIpc) is 3.21. The highest BCUT2D eigenvalue weighted by Crippen LogP contribution is 2.38. The number of aromatic nitrogens is 5. The summed E-state index contributed by atoms with van der Waals surface area (Å²) < 4.78 is 7.94. The van der Waals surface area contributed by atoms with Gasteiger partial charge in [-0.15, -0.1) is 0 Å². The first-order valence-corrected chi connectivity index (χ1v) is 10.9. The number of nitrogens with two attached hydrogens (primary N) is 1. The number of aryl methyl sites for hydroxylation is 1. The van der Waals surface area contributed by atoms with Gasteiger partial charge in [-0.3, -0.25) is 4.98 Å². The van der Waals surface area contributed by atoms with Gasteiger partial charge in [-0.2, -0.15) is 0 Å². The zero-order valence-electron chi connectivity index (χ0n) is 18.2. The van der Waals surface area contributed by atoms with E-state index in [4.69, 9.17) is 15.5 Å². The molecule has 0 aliphatic carbocycles. The van der Waals surface area contributed by atoms with Crippen LogP contribution in [-0.2, 0) is 11.8 Å². The third-order valence-corrected chi connectivity index (χ3v) is 6.16. The number of para-hydroxylation sites is 1. The van der Waals surface area contributed by atoms with Crippen LogP contribution in [0.25, 0.3) is 44.3 Å². The van der Waals surface area contributed by atoms with Gasteiger partial charge in [0.25, 0.3) is 0 Å². The predicted octanol–water partition coefficient (Wildman–Crippen LogP) is 3.49. The van der Waals surface area contributed by atoms with Crippen molar-refractivity contribution in [3.8, 4) is 22.4 Å². The van der Waals surface area contributed by atoms with Crippen molar-refractivity contribution in [1.82, 2.24) is 29.8 Å². The number of nitrogen functional groups attached to an aromatic ring is 1. The molecule has 5 heterocycles. The molecular weight excluding hydrogens is 414 g/mol. The molecule has 5 aromatic rings. The van der Waals surface area contributed by atoms with Crippen LogP contribution in [-0.4, -0.2) is 44.2 Å². The molecular formula is C25H23N7O. The number of benzene rings is 1. The van der Waals surface area contributed by atoms with Gasteiger partial charge in [-0.25, -0.2) is 15.0 Å². The number of fused-ring (bicyclic) bond motifs is 2. The highest BCUT2D eigenvalue weighted by molar-refractivity contribution is 6.07. The number of hydrogen-bond donors (Lipinski definition) is 2. The van der Waals surface area contributed by atoms with E-state index in [1.54, 1.807) is 0 Å². The molecule has 8 heteroatoms. The molecule has 1 aromatic carbocycles. The van der Waals surface area contributed by atoms with E-state index in [1.165, 1.54) is 6.33 Å². The van der Waals surface area contributed by atoms with Crippen molar-refractivity contribution in [2.75, 3.05) is 25.4 Å². The third-order valence-electron chi connectivity index (χ3n) is 6.16. The minimum atomic E-state index is -0.0313. The van der Waals surface area contributed by atoms with Crippen molar-refractivity contribution in [1.29, 1.82) is 0 Å². The fourth-order valence-electron chi connectivity index (χ4n) is 4.51. The van der Waals surface area contributed by atoms with Crippen LogP contribution in [0.1, 0.15) is 11.8 Å². The Balaban J connectivity index is 1.52. The molecule has 0 bridgehead atoms. The standard InChI is InChI=1S/C25H23N7O/c1-32-13-18(16-4-2-3-5-21(16)32)17-10-20(31-25-23(17)24(26)29-14-30-25)15-6-7-19(28-11-15)22-12-27-8-9-33-22/h2-7,10-11,13-14,22,27H,8-9,12H2,1H3,(H2,26,29,30,31). The molecule has 8 nitrogen and oxygen atoms in total. The van der Waals surface area contributed by atoms with Crippen molar-refractivity contribution >= 4 is 27.8 Å². The normalized spacial score (nSPS) is 16.5. The number of ether oxygens (including phenoxy) is 1. The smallest absolute Gasteiger partial charge is 0.165 e. The summed E-state index contributed by atoms with van der Waals surface area (Å²) in [5.74, 6) is 0.414. The Hall–Kier alpha value is -3.88. The maximum atomic E-state index is 6.31. The molecule has 164 valence electrons. The summed E-state index contributed by atoms with van der Waals surface area (Å²) in [4.78, 5) is 18.1. The van der Waals surface area contributed by atoms with Gasteiger partial charge < -0.3 is 20.4 Å². The molecule has 33 heavy (non-hydrogen) atoms. The molecule has 1 unspecified atom stereocenters. The van der Waals surface area contributed by atoms with Crippen molar-refractivity contribution < 1.29 is 4.74 Å². The zero-order valence-corrected chi connectivity index (χ0v) is 18.2. The van der Waals surface area contributed by atoms with E-state index in [9.17, 15) is 0 Å². The molecule has 0 radical (unpaired) electrons. The lowest BCUT2D eigenvalue weighted by Gasteiger charge is -2.23. The SMILES string of the molecule is Cn1cc(-c2cc(-c3ccc(C4CNCCO4)nc3)nc3ncnc(N)c23)c2ccccc21. The molecule has 0 saturated carbocycles. The van der Waals surface area contributed by atoms with Crippen molar-refractivity contribution in [2.45, 2.75) is 6.10 Å². The van der Waals surface area contributed by atoms with Crippen molar-refractivity contribution in [3.05, 3.63) is 66.9 Å². The van der Waals surface area contributed by atoms with Crippen LogP contribution in [0.4, 0.5) is 5.82 Å². The van der Waals surface area contributed by atoms with Gasteiger partial charge in [-0.05, 0) is 24.3 Å². The highest BCUT2D eigenvalue weighted by atomic mass is 16.5. The van der Waals surface area contributed by atoms with Gasteiger partial charge in [0.15, 0.2) is 5.65 Å². The Morgan fingerprint density at radius 1 is 1.09 bits per heavy atom. The van der Waals surface area contributed by atoms with Crippen LogP contribution in [0, 0.1) is 0 Å². The van der Waals surface area contributed by atoms with Gasteiger partial charge in [0.05, 0.1) is 23.4 Å². The van der Waals surface area contributed by atoms with Gasteiger partial charge in [0.2, 0.25) is 0 Å². The van der Waals surface area contributed by atoms with Crippen LogP contribution < -0.4 is 11.1 Å². The predicted molar refractivity (Wildman–Crippen MR) is 128 cm³/mol. The van der Waals surface area contributed by atoms with Crippen molar-refractivity contribution in [3.63, 3.8) is 0 Å². The fraction of sp³-hybridized carbons (Fsp3) is 0.200. The number of nitrogens with zero attached hydrogens (tertiary/aromatic N) is 5. The maximum absolute atomic E-state index is 6.31. The largest absolute Gasteiger partial charge is 0.383 e. The molecule has 6 rings (SSSR count). The Bertz CT molecular complexity index is 1470. The molecule has 1 aliphatic rings. The lowest BCUT2D eigenvalue weighted by atomic mass is 9.99. The topological polar surface area (TPSA) is 104 Å². The quantitative estimate of drug-likeness (QED) is 0.445. The van der Waals surface area contributed by atoms with E-state index >= 15 is 0 Å². The molecule has 0 spiro atoms. The number of pyridine rings is 2. The van der Waals surface area contributed by atoms with Gasteiger partial charge >= 0.3 is 0 Å². The average molecular weight is 438 g/mol. The van der Waals surface area contributed by atoms with E-state index in [0.29, 0.717) is 18.1 Å². The van der Waals surface area contributed by atoms with Crippen LogP contribution in [0.15, 0.2) is 61.2 Å². The molecule has 4 aromatic heterocycles. The second-order valence-electron chi connectivity index (χ2n) is 8.22. The van der Waals surface area contributed by atoms with Gasteiger partial charge in [0.1, 0.15) is 18.2 Å². The highest BCUT2D eigenvalue weighted by Gasteiger charge is 2.19. The van der Waals surface area contributed by atoms with E-state index in [1.807, 2.05) is 37.5 Å². The number of nitrogens with one attached hydrogen (secondary N) is 1. The summed E-state index contributed by atoms with van der Waals surface area (Å²) in [5, 5.41) is 5.23. The molecule has 1 saturated heterocycles. The lowest BCUT2D eigenvalue weighted by Crippen LogP contribution is -2.33. The minimum Gasteiger partial charge on any atom is -0.383 e. The van der Waals surface area contributed by atoms with Crippen LogP contribution in [0.5, 0.6) is 0 Å². The van der Waals surface area contributed by atoms with Gasteiger partial charge in [0, 0.05) is 60.1 Å². The number of rotatable bonds is 3. The van der Waals surface area contributed by atoms with Crippen LogP contribution >= 0.6 is 0 Å². The summed E-state index contributed by atoms with van der Waals surface area (Å²) >= 11 is 0. The monoisotopic (exact) mass is 437 g/mol. The second kappa shape index (κ2) is 7.91. The van der Waals surface area contributed by atoms with E-state index < -0.39 is 0 Å². The van der Waals surface area contributed by atoms with E-state index in [-0.39, 0.29) is 6.10 Å². The molecule has 3 N–H and O–H groups in total. The van der Waals surface area contributed by atoms with Crippen LogP contribution in [0.2, 0.25) is 0 Å². The second-order valence-corrected chi connectivity index (χ2v) is 8.22. The lowest BCUT2D eigenvalue weighted by molar-refractivity contribution is 0.0250. The first-order chi connectivity index (χ1) is 16.2. The summed E-state index contributed by atoms with van der Waals surface area (Å²) in [5.41, 5.74) is 12.6. The summed E-state index contributed by atoms with van der Waals surface area (Å²) in [6.45, 7) is 2.33. The van der Waals surface area contributed by atoms with Gasteiger partial charge in [-0.1, -0.05) is 18.2 Å². The Labute approximate surface area is 190 Å². The zero-order chi connectivity index (χ0) is 22.4. The minimum absolute atomic E-state index is 0.0313. The van der Waals surface area contributed by atoms with Crippen molar-refractivity contribution in [2.24, 2.45) is 7.05 Å². The molecule has 1 fully saturated rings. The summed E-state index contributed by atoms with van der Waals surface area (Å²) in [6, 6.07) is 14.4. The Morgan fingerprint density at radius 2 is 2.00 bits per heavy atom. The van der Waals surface area contributed by atoms with E-state index in [0.717, 1.165) is 57.5 Å². The third kappa shape index (κ3) is 3.40. The Morgan fingerprint density at radius 3 is 2.82 bits per heavy atom. The Kier molecular flexibility index (Phi) is 4.74. The summed E-state index contributed by atoms with van der Waals surface area (Å²) in [6.07, 6.45) is 5.38. The number of hydrogen-bond acceptors (Lipinski definition) is 7.